The number of nitriles is 1. The number of nitrogen functional groups attached to an aromatic ring is 1. The lowest BCUT2D eigenvalue weighted by Gasteiger charge is -1.98. The molecule has 0 spiro atoms. The van der Waals surface area contributed by atoms with Gasteiger partial charge in [-0.25, -0.2) is 0 Å². The second-order valence-electron chi connectivity index (χ2n) is 2.33. The van der Waals surface area contributed by atoms with Gasteiger partial charge in [-0.2, -0.15) is 5.26 Å². The van der Waals surface area contributed by atoms with E-state index in [1.807, 2.05) is 24.3 Å². The molecule has 12 heavy (non-hydrogen) atoms. The highest BCUT2D eigenvalue weighted by molar-refractivity contribution is 7.99. The number of thioether (sulfide) groups is 1. The first-order chi connectivity index (χ1) is 5.83. The lowest BCUT2D eigenvalue weighted by Crippen LogP contribution is -1.83. The molecular weight excluding hydrogens is 168 g/mol. The number of hydrogen-bond donors (Lipinski definition) is 1. The largest absolute Gasteiger partial charge is 0.399 e. The summed E-state index contributed by atoms with van der Waals surface area (Å²) in [4.78, 5) is 1.17. The Morgan fingerprint density at radius 1 is 1.33 bits per heavy atom. The maximum absolute atomic E-state index is 8.31. The summed E-state index contributed by atoms with van der Waals surface area (Å²) in [5.74, 6) is 0.848. The molecule has 0 amide bonds. The maximum atomic E-state index is 8.31. The van der Waals surface area contributed by atoms with E-state index in [9.17, 15) is 0 Å². The fraction of sp³-hybridized carbons (Fsp3) is 0.222. The van der Waals surface area contributed by atoms with Crippen molar-refractivity contribution in [3.05, 3.63) is 24.3 Å². The average molecular weight is 178 g/mol. The van der Waals surface area contributed by atoms with Crippen molar-refractivity contribution in [1.29, 1.82) is 5.26 Å². The first-order valence-electron chi connectivity index (χ1n) is 3.68. The minimum absolute atomic E-state index is 0.592. The van der Waals surface area contributed by atoms with Crippen LogP contribution in [0.4, 0.5) is 5.69 Å². The standard InChI is InChI=1S/C9H10N2S/c10-6-1-7-12-9-4-2-8(11)3-5-9/h2-5H,1,7,11H2. The highest BCUT2D eigenvalue weighted by Gasteiger charge is 1.92. The third-order valence-corrected chi connectivity index (χ3v) is 2.38. The molecule has 0 saturated carbocycles. The number of nitrogens with two attached hydrogens (primary N) is 1. The van der Waals surface area contributed by atoms with Crippen LogP contribution in [0, 0.1) is 11.3 Å². The quantitative estimate of drug-likeness (QED) is 0.439. The Kier molecular flexibility index (Phi) is 3.49. The van der Waals surface area contributed by atoms with E-state index in [0.29, 0.717) is 6.42 Å². The Balaban J connectivity index is 2.43. The van der Waals surface area contributed by atoms with Gasteiger partial charge in [0.1, 0.15) is 0 Å². The van der Waals surface area contributed by atoms with E-state index in [4.69, 9.17) is 11.0 Å². The molecule has 0 aliphatic heterocycles. The van der Waals surface area contributed by atoms with Gasteiger partial charge in [0.15, 0.2) is 0 Å². The van der Waals surface area contributed by atoms with E-state index < -0.39 is 0 Å². The molecule has 0 bridgehead atoms. The van der Waals surface area contributed by atoms with Gasteiger partial charge in [0, 0.05) is 22.8 Å². The van der Waals surface area contributed by atoms with Gasteiger partial charge in [-0.1, -0.05) is 0 Å². The molecule has 0 aromatic heterocycles. The summed E-state index contributed by atoms with van der Waals surface area (Å²) in [6, 6.07) is 9.78. The second-order valence-corrected chi connectivity index (χ2v) is 3.49. The summed E-state index contributed by atoms with van der Waals surface area (Å²) < 4.78 is 0. The van der Waals surface area contributed by atoms with Crippen molar-refractivity contribution in [3.63, 3.8) is 0 Å². The molecule has 1 aromatic rings. The number of hydrogen-bond acceptors (Lipinski definition) is 3. The van der Waals surface area contributed by atoms with Crippen molar-refractivity contribution in [2.45, 2.75) is 11.3 Å². The summed E-state index contributed by atoms with van der Waals surface area (Å²) >= 11 is 1.68. The predicted molar refractivity (Wildman–Crippen MR) is 51.8 cm³/mol. The second kappa shape index (κ2) is 4.68. The van der Waals surface area contributed by atoms with E-state index in [0.717, 1.165) is 11.4 Å². The Morgan fingerprint density at radius 2 is 2.00 bits per heavy atom. The monoisotopic (exact) mass is 178 g/mol. The molecule has 0 fully saturated rings. The summed E-state index contributed by atoms with van der Waals surface area (Å²) in [5, 5.41) is 8.31. The molecule has 0 aliphatic rings. The number of anilines is 1. The highest BCUT2D eigenvalue weighted by atomic mass is 32.2. The predicted octanol–water partition coefficient (Wildman–Crippen LogP) is 2.27. The van der Waals surface area contributed by atoms with Crippen LogP contribution in [0.25, 0.3) is 0 Å². The summed E-state index contributed by atoms with van der Waals surface area (Å²) in [6.45, 7) is 0. The van der Waals surface area contributed by atoms with Gasteiger partial charge >= 0.3 is 0 Å². The van der Waals surface area contributed by atoms with Gasteiger partial charge in [0.05, 0.1) is 6.07 Å². The molecule has 0 saturated heterocycles. The van der Waals surface area contributed by atoms with Crippen molar-refractivity contribution in [3.8, 4) is 6.07 Å². The SMILES string of the molecule is N#CCCSc1ccc(N)cc1. The van der Waals surface area contributed by atoms with Crippen LogP contribution in [0.1, 0.15) is 6.42 Å². The molecule has 0 atom stereocenters. The molecule has 62 valence electrons. The van der Waals surface area contributed by atoms with Crippen LogP contribution < -0.4 is 5.73 Å². The van der Waals surface area contributed by atoms with Crippen LogP contribution in [-0.2, 0) is 0 Å². The normalized spacial score (nSPS) is 9.25. The number of nitrogens with zero attached hydrogens (tertiary/aromatic N) is 1. The van der Waals surface area contributed by atoms with Crippen LogP contribution in [-0.4, -0.2) is 5.75 Å². The number of rotatable bonds is 3. The molecular formula is C9H10N2S. The molecule has 0 heterocycles. The third-order valence-electron chi connectivity index (χ3n) is 1.36. The minimum Gasteiger partial charge on any atom is -0.399 e. The maximum Gasteiger partial charge on any atom is 0.0630 e. The smallest absolute Gasteiger partial charge is 0.0630 e. The van der Waals surface area contributed by atoms with E-state index in [2.05, 4.69) is 6.07 Å². The van der Waals surface area contributed by atoms with Gasteiger partial charge < -0.3 is 5.73 Å². The molecule has 0 radical (unpaired) electrons. The fourth-order valence-electron chi connectivity index (χ4n) is 0.779. The summed E-state index contributed by atoms with van der Waals surface area (Å²) in [6.07, 6.45) is 0.592. The zero-order valence-corrected chi connectivity index (χ0v) is 7.47. The minimum atomic E-state index is 0.592. The lowest BCUT2D eigenvalue weighted by atomic mass is 10.3. The topological polar surface area (TPSA) is 49.8 Å². The van der Waals surface area contributed by atoms with Crippen LogP contribution in [0.3, 0.4) is 0 Å². The number of benzene rings is 1. The van der Waals surface area contributed by atoms with Crippen molar-refractivity contribution in [1.82, 2.24) is 0 Å². The Bertz CT molecular complexity index is 274. The van der Waals surface area contributed by atoms with E-state index in [1.54, 1.807) is 11.8 Å². The van der Waals surface area contributed by atoms with Crippen LogP contribution >= 0.6 is 11.8 Å². The van der Waals surface area contributed by atoms with Crippen LogP contribution in [0.15, 0.2) is 29.2 Å². The van der Waals surface area contributed by atoms with Crippen molar-refractivity contribution >= 4 is 17.4 Å². The molecule has 3 heteroatoms. The molecule has 1 aromatic carbocycles. The van der Waals surface area contributed by atoms with E-state index >= 15 is 0 Å². The van der Waals surface area contributed by atoms with E-state index in [-0.39, 0.29) is 0 Å². The molecule has 0 unspecified atom stereocenters. The van der Waals surface area contributed by atoms with Crippen LogP contribution in [0.2, 0.25) is 0 Å². The first kappa shape index (κ1) is 8.95. The van der Waals surface area contributed by atoms with E-state index in [1.165, 1.54) is 4.90 Å². The van der Waals surface area contributed by atoms with Crippen molar-refractivity contribution < 1.29 is 0 Å². The molecule has 0 aliphatic carbocycles. The van der Waals surface area contributed by atoms with Crippen molar-refractivity contribution in [2.75, 3.05) is 11.5 Å². The summed E-state index contributed by atoms with van der Waals surface area (Å²) in [5.41, 5.74) is 6.30. The van der Waals surface area contributed by atoms with Gasteiger partial charge in [-0.15, -0.1) is 11.8 Å². The third kappa shape index (κ3) is 2.85. The average Bonchev–Trinajstić information content (AvgIpc) is 2.09. The molecule has 1 rings (SSSR count). The zero-order chi connectivity index (χ0) is 8.81. The molecule has 2 N–H and O–H groups in total. The molecule has 2 nitrogen and oxygen atoms in total. The lowest BCUT2D eigenvalue weighted by molar-refractivity contribution is 1.23. The summed E-state index contributed by atoms with van der Waals surface area (Å²) in [7, 11) is 0. The van der Waals surface area contributed by atoms with Gasteiger partial charge in [0.25, 0.3) is 0 Å². The Hall–Kier alpha value is -1.14. The van der Waals surface area contributed by atoms with Gasteiger partial charge in [0.2, 0.25) is 0 Å². The van der Waals surface area contributed by atoms with Gasteiger partial charge in [-0.3, -0.25) is 0 Å². The Labute approximate surface area is 76.4 Å². The zero-order valence-electron chi connectivity index (χ0n) is 6.66. The highest BCUT2D eigenvalue weighted by Crippen LogP contribution is 2.19. The fourth-order valence-corrected chi connectivity index (χ4v) is 1.54. The first-order valence-corrected chi connectivity index (χ1v) is 4.67. The van der Waals surface area contributed by atoms with Crippen LogP contribution in [0.5, 0.6) is 0 Å². The van der Waals surface area contributed by atoms with Gasteiger partial charge in [-0.05, 0) is 24.3 Å². The van der Waals surface area contributed by atoms with Crippen molar-refractivity contribution in [2.24, 2.45) is 0 Å². The Morgan fingerprint density at radius 3 is 2.58 bits per heavy atom.